The van der Waals surface area contributed by atoms with E-state index >= 15 is 0 Å². The van der Waals surface area contributed by atoms with Crippen LogP contribution in [0, 0.1) is 10.1 Å². The molecule has 2 atom stereocenters. The van der Waals surface area contributed by atoms with Gasteiger partial charge in [0, 0.05) is 19.2 Å². The highest BCUT2D eigenvalue weighted by Gasteiger charge is 2.27. The van der Waals surface area contributed by atoms with Gasteiger partial charge in [-0.05, 0) is 25.3 Å². The summed E-state index contributed by atoms with van der Waals surface area (Å²) in [4.78, 5) is 22.3. The van der Waals surface area contributed by atoms with Crippen LogP contribution in [0.2, 0.25) is 0 Å². The summed E-state index contributed by atoms with van der Waals surface area (Å²) in [6.07, 6.45) is 2.63. The van der Waals surface area contributed by atoms with E-state index in [9.17, 15) is 14.9 Å². The number of nitrogens with one attached hydrogen (secondary N) is 1. The van der Waals surface area contributed by atoms with E-state index in [0.29, 0.717) is 0 Å². The Morgan fingerprint density at radius 1 is 1.50 bits per heavy atom. The first-order valence-corrected chi connectivity index (χ1v) is 6.39. The summed E-state index contributed by atoms with van der Waals surface area (Å²) in [6.45, 7) is 0. The van der Waals surface area contributed by atoms with Crippen LogP contribution in [0.25, 0.3) is 0 Å². The minimum atomic E-state index is -0.595. The topological polar surface area (TPSA) is 107 Å². The second-order valence-electron chi connectivity index (χ2n) is 4.84. The van der Waals surface area contributed by atoms with Gasteiger partial charge in [0.05, 0.1) is 16.6 Å². The maximum Gasteiger partial charge on any atom is 0.292 e. The number of rotatable bonds is 4. The molecule has 0 heterocycles. The Morgan fingerprint density at radius 3 is 2.85 bits per heavy atom. The van der Waals surface area contributed by atoms with Crippen molar-refractivity contribution in [2.45, 2.75) is 31.4 Å². The van der Waals surface area contributed by atoms with Crippen molar-refractivity contribution in [1.82, 2.24) is 5.32 Å². The largest absolute Gasteiger partial charge is 0.393 e. The van der Waals surface area contributed by atoms with Crippen LogP contribution in [0.3, 0.4) is 0 Å². The molecule has 7 heteroatoms. The highest BCUT2D eigenvalue weighted by atomic mass is 16.6. The number of nitro groups is 1. The average Bonchev–Trinajstić information content (AvgIpc) is 2.86. The Bertz CT molecular complexity index is 532. The monoisotopic (exact) mass is 279 g/mol. The number of amides is 1. The van der Waals surface area contributed by atoms with Crippen molar-refractivity contribution in [3.63, 3.8) is 0 Å². The zero-order chi connectivity index (χ0) is 14.7. The van der Waals surface area contributed by atoms with Crippen molar-refractivity contribution in [3.05, 3.63) is 33.9 Å². The van der Waals surface area contributed by atoms with Gasteiger partial charge in [0.1, 0.15) is 5.69 Å². The summed E-state index contributed by atoms with van der Waals surface area (Å²) in [5.74, 6) is -0.382. The molecule has 20 heavy (non-hydrogen) atoms. The predicted molar refractivity (Wildman–Crippen MR) is 73.4 cm³/mol. The lowest BCUT2D eigenvalue weighted by Gasteiger charge is -2.13. The molecule has 2 unspecified atom stereocenters. The maximum atomic E-state index is 12.1. The molecule has 1 fully saturated rings. The number of hydrogen-bond donors (Lipinski definition) is 2. The number of nitrogens with zero attached hydrogens (tertiary/aromatic N) is 1. The fourth-order valence-corrected chi connectivity index (χ4v) is 2.46. The Hall–Kier alpha value is -2.15. The molecule has 1 aliphatic rings. The van der Waals surface area contributed by atoms with Gasteiger partial charge in [-0.2, -0.15) is 0 Å². The SMILES string of the molecule is COC1CCC(NC(=O)c2cccc([N+](=O)[O-])c2N)C1. The minimum absolute atomic E-state index is 0.0195. The van der Waals surface area contributed by atoms with E-state index in [0.717, 1.165) is 19.3 Å². The van der Waals surface area contributed by atoms with E-state index in [1.54, 1.807) is 7.11 Å². The summed E-state index contributed by atoms with van der Waals surface area (Å²) in [6, 6.07) is 4.24. The standard InChI is InChI=1S/C13H17N3O4/c1-20-9-6-5-8(7-9)15-13(17)10-3-2-4-11(12(10)14)16(18)19/h2-4,8-9H,5-7,14H2,1H3,(H,15,17). The van der Waals surface area contributed by atoms with E-state index < -0.39 is 4.92 Å². The van der Waals surface area contributed by atoms with Crippen molar-refractivity contribution < 1.29 is 14.5 Å². The first kappa shape index (κ1) is 14.3. The number of ether oxygens (including phenoxy) is 1. The van der Waals surface area contributed by atoms with Gasteiger partial charge in [-0.25, -0.2) is 0 Å². The van der Waals surface area contributed by atoms with Crippen molar-refractivity contribution in [2.24, 2.45) is 0 Å². The van der Waals surface area contributed by atoms with Gasteiger partial charge < -0.3 is 15.8 Å². The zero-order valence-electron chi connectivity index (χ0n) is 11.2. The number of benzene rings is 1. The summed E-state index contributed by atoms with van der Waals surface area (Å²) in [7, 11) is 1.65. The van der Waals surface area contributed by atoms with Crippen molar-refractivity contribution in [3.8, 4) is 0 Å². The molecule has 0 aliphatic heterocycles. The van der Waals surface area contributed by atoms with E-state index in [-0.39, 0.29) is 35.0 Å². The Balaban J connectivity index is 2.10. The number of methoxy groups -OCH3 is 1. The smallest absolute Gasteiger partial charge is 0.292 e. The minimum Gasteiger partial charge on any atom is -0.393 e. The van der Waals surface area contributed by atoms with Gasteiger partial charge in [-0.3, -0.25) is 14.9 Å². The lowest BCUT2D eigenvalue weighted by Crippen LogP contribution is -2.33. The average molecular weight is 279 g/mol. The molecule has 1 saturated carbocycles. The molecule has 1 aromatic carbocycles. The third-order valence-corrected chi connectivity index (χ3v) is 3.58. The highest BCUT2D eigenvalue weighted by molar-refractivity contribution is 6.01. The number of nitro benzene ring substituents is 1. The number of anilines is 1. The second-order valence-corrected chi connectivity index (χ2v) is 4.84. The predicted octanol–water partition coefficient (Wildman–Crippen LogP) is 1.47. The van der Waals surface area contributed by atoms with Crippen LogP contribution in [-0.4, -0.2) is 30.1 Å². The molecule has 0 aromatic heterocycles. The van der Waals surface area contributed by atoms with Gasteiger partial charge in [-0.15, -0.1) is 0 Å². The van der Waals surface area contributed by atoms with Crippen molar-refractivity contribution in [1.29, 1.82) is 0 Å². The summed E-state index contributed by atoms with van der Waals surface area (Å²) in [5.41, 5.74) is 5.47. The molecule has 1 aliphatic carbocycles. The van der Waals surface area contributed by atoms with Gasteiger partial charge in [0.25, 0.3) is 11.6 Å². The molecular formula is C13H17N3O4. The lowest BCUT2D eigenvalue weighted by atomic mass is 10.1. The number of carbonyl (C=O) groups is 1. The third-order valence-electron chi connectivity index (χ3n) is 3.58. The molecule has 0 saturated heterocycles. The number of carbonyl (C=O) groups excluding carboxylic acids is 1. The van der Waals surface area contributed by atoms with Crippen molar-refractivity contribution in [2.75, 3.05) is 12.8 Å². The first-order chi connectivity index (χ1) is 9.52. The molecule has 108 valence electrons. The molecule has 0 bridgehead atoms. The van der Waals surface area contributed by atoms with Crippen LogP contribution in [0.5, 0.6) is 0 Å². The second kappa shape index (κ2) is 5.87. The van der Waals surface area contributed by atoms with Crippen molar-refractivity contribution >= 4 is 17.3 Å². The Morgan fingerprint density at radius 2 is 2.25 bits per heavy atom. The fourth-order valence-electron chi connectivity index (χ4n) is 2.46. The summed E-state index contributed by atoms with van der Waals surface area (Å²) >= 11 is 0. The quantitative estimate of drug-likeness (QED) is 0.493. The Kier molecular flexibility index (Phi) is 4.19. The van der Waals surface area contributed by atoms with Gasteiger partial charge in [0.15, 0.2) is 0 Å². The van der Waals surface area contributed by atoms with Gasteiger partial charge in [-0.1, -0.05) is 6.07 Å². The van der Waals surface area contributed by atoms with Crippen LogP contribution in [0.15, 0.2) is 18.2 Å². The van der Waals surface area contributed by atoms with E-state index in [1.165, 1.54) is 18.2 Å². The van der Waals surface area contributed by atoms with Crippen LogP contribution >= 0.6 is 0 Å². The third kappa shape index (κ3) is 2.88. The molecule has 0 spiro atoms. The maximum absolute atomic E-state index is 12.1. The fraction of sp³-hybridized carbons (Fsp3) is 0.462. The number of nitrogens with two attached hydrogens (primary N) is 1. The summed E-state index contributed by atoms with van der Waals surface area (Å²) in [5, 5.41) is 13.6. The van der Waals surface area contributed by atoms with Crippen LogP contribution in [0.4, 0.5) is 11.4 Å². The molecule has 1 aromatic rings. The molecule has 0 radical (unpaired) electrons. The van der Waals surface area contributed by atoms with Gasteiger partial charge in [0.2, 0.25) is 0 Å². The molecule has 1 amide bonds. The van der Waals surface area contributed by atoms with Crippen LogP contribution < -0.4 is 11.1 Å². The number of nitrogen functional groups attached to an aromatic ring is 1. The molecular weight excluding hydrogens is 262 g/mol. The van der Waals surface area contributed by atoms with E-state index in [1.807, 2.05) is 0 Å². The molecule has 7 nitrogen and oxygen atoms in total. The van der Waals surface area contributed by atoms with E-state index in [2.05, 4.69) is 5.32 Å². The highest BCUT2D eigenvalue weighted by Crippen LogP contribution is 2.26. The first-order valence-electron chi connectivity index (χ1n) is 6.39. The van der Waals surface area contributed by atoms with E-state index in [4.69, 9.17) is 10.5 Å². The molecule has 3 N–H and O–H groups in total. The van der Waals surface area contributed by atoms with Gasteiger partial charge >= 0.3 is 0 Å². The zero-order valence-corrected chi connectivity index (χ0v) is 11.2. The lowest BCUT2D eigenvalue weighted by molar-refractivity contribution is -0.383. The number of para-hydroxylation sites is 1. The normalized spacial score (nSPS) is 21.6. The molecule has 2 rings (SSSR count). The number of hydrogen-bond acceptors (Lipinski definition) is 5. The Labute approximate surface area is 116 Å². The van der Waals surface area contributed by atoms with Crippen LogP contribution in [-0.2, 0) is 4.74 Å². The van der Waals surface area contributed by atoms with Crippen LogP contribution in [0.1, 0.15) is 29.6 Å². The summed E-state index contributed by atoms with van der Waals surface area (Å²) < 4.78 is 5.24.